The average Bonchev–Trinajstić information content (AvgIpc) is 3.40. The van der Waals surface area contributed by atoms with Crippen molar-refractivity contribution < 1.29 is 23.9 Å². The quantitative estimate of drug-likeness (QED) is 0.307. The van der Waals surface area contributed by atoms with E-state index < -0.39 is 12.1 Å². The van der Waals surface area contributed by atoms with Crippen LogP contribution in [0.5, 0.6) is 5.75 Å². The fourth-order valence-electron chi connectivity index (χ4n) is 4.53. The van der Waals surface area contributed by atoms with Crippen LogP contribution in [-0.4, -0.2) is 56.3 Å². The Morgan fingerprint density at radius 2 is 1.83 bits per heavy atom. The topological polar surface area (TPSA) is 88.5 Å². The molecule has 1 aromatic rings. The Morgan fingerprint density at radius 1 is 1.20 bits per heavy atom. The number of fused-ring (bicyclic) bond motifs is 5. The van der Waals surface area contributed by atoms with Gasteiger partial charge in [-0.25, -0.2) is 4.79 Å². The number of rotatable bonds is 6. The highest BCUT2D eigenvalue weighted by atomic mass is 16.6. The van der Waals surface area contributed by atoms with Crippen LogP contribution in [0.3, 0.4) is 0 Å². The first kappa shape index (κ1) is 20.1. The number of hydrazone groups is 1. The van der Waals surface area contributed by atoms with Crippen molar-refractivity contribution in [3.8, 4) is 5.75 Å². The molecule has 1 heterocycles. The van der Waals surface area contributed by atoms with Gasteiger partial charge in [-0.2, -0.15) is 10.1 Å². The van der Waals surface area contributed by atoms with Crippen molar-refractivity contribution in [2.75, 3.05) is 26.1 Å². The van der Waals surface area contributed by atoms with E-state index >= 15 is 0 Å². The van der Waals surface area contributed by atoms with Gasteiger partial charge in [0.2, 0.25) is 0 Å². The van der Waals surface area contributed by atoms with Crippen molar-refractivity contribution >= 4 is 29.7 Å². The minimum absolute atomic E-state index is 0.135. The summed E-state index contributed by atoms with van der Waals surface area (Å²) in [5.74, 6) is -0.905. The lowest BCUT2D eigenvalue weighted by Crippen LogP contribution is -2.28. The Kier molecular flexibility index (Phi) is 5.09. The molecule has 5 unspecified atom stereocenters. The van der Waals surface area contributed by atoms with E-state index in [1.165, 1.54) is 13.3 Å². The summed E-state index contributed by atoms with van der Waals surface area (Å²) < 4.78 is 10.5. The van der Waals surface area contributed by atoms with Crippen LogP contribution in [0.1, 0.15) is 18.9 Å². The zero-order valence-electron chi connectivity index (χ0n) is 17.4. The molecule has 4 rings (SSSR count). The van der Waals surface area contributed by atoms with E-state index in [4.69, 9.17) is 9.47 Å². The molecule has 0 aromatic heterocycles. The molecule has 3 aliphatic rings. The first-order valence-electron chi connectivity index (χ1n) is 9.97. The SMILES string of the molecule is COC(=O)C(C)Oc1cc(N(C)C)ccc1C=NN1C(=O)C2C3C=CC(C3)C2C1=O. The van der Waals surface area contributed by atoms with Crippen LogP contribution < -0.4 is 9.64 Å². The predicted molar refractivity (Wildman–Crippen MR) is 110 cm³/mol. The van der Waals surface area contributed by atoms with E-state index in [0.717, 1.165) is 17.1 Å². The highest BCUT2D eigenvalue weighted by molar-refractivity contribution is 6.07. The van der Waals surface area contributed by atoms with Gasteiger partial charge in [0.1, 0.15) is 5.75 Å². The van der Waals surface area contributed by atoms with Gasteiger partial charge in [0, 0.05) is 31.4 Å². The van der Waals surface area contributed by atoms with Gasteiger partial charge in [0.05, 0.1) is 25.2 Å². The number of nitrogens with zero attached hydrogens (tertiary/aromatic N) is 3. The highest BCUT2D eigenvalue weighted by Gasteiger charge is 2.59. The molecule has 8 nitrogen and oxygen atoms in total. The minimum atomic E-state index is -0.823. The molecule has 0 spiro atoms. The number of methoxy groups -OCH3 is 1. The molecule has 0 N–H and O–H groups in total. The molecular weight excluding hydrogens is 386 g/mol. The van der Waals surface area contributed by atoms with Gasteiger partial charge in [0.15, 0.2) is 6.10 Å². The Bertz CT molecular complexity index is 924. The highest BCUT2D eigenvalue weighted by Crippen LogP contribution is 2.52. The standard InChI is InChI=1S/C22H25N3O5/c1-12(22(28)29-4)30-17-10-16(24(2)3)8-7-15(17)11-23-25-20(26)18-13-5-6-14(9-13)19(18)21(25)27/h5-8,10-14,18-19H,9H2,1-4H3. The minimum Gasteiger partial charge on any atom is -0.478 e. The van der Waals surface area contributed by atoms with E-state index in [0.29, 0.717) is 11.3 Å². The van der Waals surface area contributed by atoms with Crippen LogP contribution >= 0.6 is 0 Å². The van der Waals surface area contributed by atoms with Crippen LogP contribution in [-0.2, 0) is 19.1 Å². The van der Waals surface area contributed by atoms with E-state index in [2.05, 4.69) is 5.10 Å². The fourth-order valence-corrected chi connectivity index (χ4v) is 4.53. The van der Waals surface area contributed by atoms with E-state index in [1.807, 2.05) is 37.2 Å². The molecule has 1 aliphatic heterocycles. The number of hydrogen-bond donors (Lipinski definition) is 0. The second-order valence-corrected chi connectivity index (χ2v) is 8.13. The van der Waals surface area contributed by atoms with Crippen molar-refractivity contribution in [1.29, 1.82) is 0 Å². The number of anilines is 1. The number of carbonyl (C=O) groups is 3. The molecule has 2 bridgehead atoms. The normalized spacial score (nSPS) is 27.7. The molecular formula is C22H25N3O5. The molecule has 8 heteroatoms. The zero-order chi connectivity index (χ0) is 21.6. The number of esters is 1. The van der Waals surface area contributed by atoms with Gasteiger partial charge in [-0.05, 0) is 37.3 Å². The number of ether oxygens (including phenoxy) is 2. The van der Waals surface area contributed by atoms with Gasteiger partial charge < -0.3 is 14.4 Å². The maximum absolute atomic E-state index is 12.8. The van der Waals surface area contributed by atoms with E-state index in [9.17, 15) is 14.4 Å². The average molecular weight is 411 g/mol. The first-order chi connectivity index (χ1) is 14.3. The summed E-state index contributed by atoms with van der Waals surface area (Å²) in [4.78, 5) is 39.3. The van der Waals surface area contributed by atoms with Crippen LogP contribution in [0.25, 0.3) is 0 Å². The molecule has 2 fully saturated rings. The number of carbonyl (C=O) groups excluding carboxylic acids is 3. The molecule has 2 amide bonds. The summed E-state index contributed by atoms with van der Waals surface area (Å²) >= 11 is 0. The summed E-state index contributed by atoms with van der Waals surface area (Å²) in [7, 11) is 5.07. The van der Waals surface area contributed by atoms with Crippen molar-refractivity contribution in [1.82, 2.24) is 5.01 Å². The second kappa shape index (κ2) is 7.59. The summed E-state index contributed by atoms with van der Waals surface area (Å²) in [5, 5.41) is 5.21. The van der Waals surface area contributed by atoms with Crippen LogP contribution in [0.2, 0.25) is 0 Å². The van der Waals surface area contributed by atoms with Gasteiger partial charge in [-0.1, -0.05) is 12.2 Å². The Hall–Kier alpha value is -3.16. The second-order valence-electron chi connectivity index (χ2n) is 8.13. The lowest BCUT2D eigenvalue weighted by Gasteiger charge is -2.18. The number of benzene rings is 1. The number of allylic oxidation sites excluding steroid dienone is 2. The predicted octanol–water partition coefficient (Wildman–Crippen LogP) is 1.83. The summed E-state index contributed by atoms with van der Waals surface area (Å²) in [6, 6.07) is 5.41. The molecule has 5 atom stereocenters. The van der Waals surface area contributed by atoms with Gasteiger partial charge in [-0.3, -0.25) is 9.59 Å². The molecule has 0 radical (unpaired) electrons. The van der Waals surface area contributed by atoms with Crippen LogP contribution in [0, 0.1) is 23.7 Å². The fraction of sp³-hybridized carbons (Fsp3) is 0.455. The summed E-state index contributed by atoms with van der Waals surface area (Å²) in [5.41, 5.74) is 1.42. The van der Waals surface area contributed by atoms with Crippen molar-refractivity contribution in [2.45, 2.75) is 19.4 Å². The Balaban J connectivity index is 1.59. The third-order valence-electron chi connectivity index (χ3n) is 6.11. The maximum atomic E-state index is 12.8. The molecule has 158 valence electrons. The lowest BCUT2D eigenvalue weighted by atomic mass is 9.85. The van der Waals surface area contributed by atoms with Crippen molar-refractivity contribution in [3.05, 3.63) is 35.9 Å². The number of hydrogen-bond acceptors (Lipinski definition) is 7. The summed E-state index contributed by atoms with van der Waals surface area (Å²) in [6.07, 6.45) is 5.58. The molecule has 1 saturated heterocycles. The Labute approximate surface area is 175 Å². The molecule has 2 aliphatic carbocycles. The summed E-state index contributed by atoms with van der Waals surface area (Å²) in [6.45, 7) is 1.59. The number of amides is 2. The zero-order valence-corrected chi connectivity index (χ0v) is 17.4. The Morgan fingerprint density at radius 3 is 2.40 bits per heavy atom. The smallest absolute Gasteiger partial charge is 0.346 e. The van der Waals surface area contributed by atoms with Crippen molar-refractivity contribution in [2.24, 2.45) is 28.8 Å². The van der Waals surface area contributed by atoms with Crippen LogP contribution in [0.4, 0.5) is 5.69 Å². The maximum Gasteiger partial charge on any atom is 0.346 e. The van der Waals surface area contributed by atoms with Gasteiger partial charge in [-0.15, -0.1) is 0 Å². The van der Waals surface area contributed by atoms with Gasteiger partial charge >= 0.3 is 5.97 Å². The lowest BCUT2D eigenvalue weighted by molar-refractivity contribution is -0.148. The molecule has 30 heavy (non-hydrogen) atoms. The number of imide groups is 1. The third-order valence-corrected chi connectivity index (χ3v) is 6.11. The van der Waals surface area contributed by atoms with E-state index in [1.54, 1.807) is 19.1 Å². The van der Waals surface area contributed by atoms with Crippen molar-refractivity contribution in [3.63, 3.8) is 0 Å². The third kappa shape index (κ3) is 3.26. The van der Waals surface area contributed by atoms with Gasteiger partial charge in [0.25, 0.3) is 11.8 Å². The van der Waals surface area contributed by atoms with Crippen LogP contribution in [0.15, 0.2) is 35.5 Å². The van der Waals surface area contributed by atoms with E-state index in [-0.39, 0.29) is 35.5 Å². The largest absolute Gasteiger partial charge is 0.478 e. The monoisotopic (exact) mass is 411 g/mol. The molecule has 1 aromatic carbocycles. The molecule has 1 saturated carbocycles. The first-order valence-corrected chi connectivity index (χ1v) is 9.97.